The van der Waals surface area contributed by atoms with Gasteiger partial charge in [-0.1, -0.05) is 17.7 Å². The maximum absolute atomic E-state index is 12.1. The molecule has 0 unspecified atom stereocenters. The highest BCUT2D eigenvalue weighted by Gasteiger charge is 2.03. The molecular weight excluding hydrogens is 328 g/mol. The summed E-state index contributed by atoms with van der Waals surface area (Å²) < 4.78 is 10.5. The Morgan fingerprint density at radius 1 is 1.04 bits per heavy atom. The first kappa shape index (κ1) is 16.1. The molecule has 0 saturated heterocycles. The molecular formula is C18H15ClN2O3. The molecule has 1 aromatic heterocycles. The number of fused-ring (bicyclic) bond motifs is 1. The zero-order valence-electron chi connectivity index (χ0n) is 13.2. The van der Waals surface area contributed by atoms with E-state index >= 15 is 0 Å². The Morgan fingerprint density at radius 2 is 1.75 bits per heavy atom. The number of nitrogens with zero attached hydrogens (tertiary/aromatic N) is 1. The van der Waals surface area contributed by atoms with E-state index in [1.54, 1.807) is 44.6 Å². The van der Waals surface area contributed by atoms with E-state index in [2.05, 4.69) is 9.97 Å². The topological polar surface area (TPSA) is 64.2 Å². The second-order valence-electron chi connectivity index (χ2n) is 5.09. The molecule has 0 aliphatic rings. The van der Waals surface area contributed by atoms with E-state index < -0.39 is 0 Å². The van der Waals surface area contributed by atoms with Crippen LogP contribution in [0.3, 0.4) is 0 Å². The average Bonchev–Trinajstić information content (AvgIpc) is 2.60. The van der Waals surface area contributed by atoms with Crippen molar-refractivity contribution >= 4 is 34.7 Å². The zero-order valence-corrected chi connectivity index (χ0v) is 13.9. The van der Waals surface area contributed by atoms with Crippen molar-refractivity contribution in [3.05, 3.63) is 63.2 Å². The average molecular weight is 343 g/mol. The summed E-state index contributed by atoms with van der Waals surface area (Å²) in [6.07, 6.45) is 3.55. The number of methoxy groups -OCH3 is 2. The molecule has 0 amide bonds. The molecule has 0 atom stereocenters. The SMILES string of the molecule is COc1cc(C=Cc2nc3ccc(Cl)cc3c(=O)[nH]2)cc(OC)c1. The largest absolute Gasteiger partial charge is 0.497 e. The molecule has 2 aromatic carbocycles. The van der Waals surface area contributed by atoms with Gasteiger partial charge in [-0.2, -0.15) is 0 Å². The van der Waals surface area contributed by atoms with Gasteiger partial charge in [0.25, 0.3) is 5.56 Å². The van der Waals surface area contributed by atoms with Gasteiger partial charge in [-0.15, -0.1) is 0 Å². The molecule has 0 saturated carbocycles. The summed E-state index contributed by atoms with van der Waals surface area (Å²) in [5.74, 6) is 1.82. The molecule has 0 bridgehead atoms. The number of hydrogen-bond acceptors (Lipinski definition) is 4. The van der Waals surface area contributed by atoms with Crippen LogP contribution < -0.4 is 15.0 Å². The van der Waals surface area contributed by atoms with Gasteiger partial charge >= 0.3 is 0 Å². The Kier molecular flexibility index (Phi) is 4.53. The van der Waals surface area contributed by atoms with Crippen LogP contribution in [0.2, 0.25) is 5.02 Å². The van der Waals surface area contributed by atoms with Crippen LogP contribution in [0.4, 0.5) is 0 Å². The number of H-pyrrole nitrogens is 1. The summed E-state index contributed by atoms with van der Waals surface area (Å²) in [4.78, 5) is 19.3. The Morgan fingerprint density at radius 3 is 2.42 bits per heavy atom. The van der Waals surface area contributed by atoms with Crippen LogP contribution in [0.15, 0.2) is 41.2 Å². The third-order valence-electron chi connectivity index (χ3n) is 3.49. The van der Waals surface area contributed by atoms with Gasteiger partial charge in [-0.25, -0.2) is 4.98 Å². The number of aromatic nitrogens is 2. The van der Waals surface area contributed by atoms with Crippen molar-refractivity contribution in [2.45, 2.75) is 0 Å². The molecule has 1 N–H and O–H groups in total. The fraction of sp³-hybridized carbons (Fsp3) is 0.111. The molecule has 6 heteroatoms. The molecule has 0 spiro atoms. The third-order valence-corrected chi connectivity index (χ3v) is 3.73. The van der Waals surface area contributed by atoms with Gasteiger partial charge in [0, 0.05) is 11.1 Å². The third kappa shape index (κ3) is 3.41. The van der Waals surface area contributed by atoms with E-state index in [-0.39, 0.29) is 5.56 Å². The highest BCUT2D eigenvalue weighted by atomic mass is 35.5. The smallest absolute Gasteiger partial charge is 0.259 e. The van der Waals surface area contributed by atoms with Gasteiger partial charge in [0.05, 0.1) is 25.1 Å². The van der Waals surface area contributed by atoms with E-state index in [0.29, 0.717) is 33.2 Å². The summed E-state index contributed by atoms with van der Waals surface area (Å²) in [6, 6.07) is 10.5. The van der Waals surface area contributed by atoms with Crippen molar-refractivity contribution in [3.8, 4) is 11.5 Å². The van der Waals surface area contributed by atoms with E-state index in [4.69, 9.17) is 21.1 Å². The van der Waals surface area contributed by atoms with Gasteiger partial charge in [0.2, 0.25) is 0 Å². The number of nitrogens with one attached hydrogen (secondary N) is 1. The summed E-state index contributed by atoms with van der Waals surface area (Å²) in [5.41, 5.74) is 1.22. The summed E-state index contributed by atoms with van der Waals surface area (Å²) >= 11 is 5.91. The molecule has 0 aliphatic heterocycles. The lowest BCUT2D eigenvalue weighted by Crippen LogP contribution is -2.09. The van der Waals surface area contributed by atoms with E-state index in [1.807, 2.05) is 18.2 Å². The summed E-state index contributed by atoms with van der Waals surface area (Å²) in [7, 11) is 3.19. The van der Waals surface area contributed by atoms with Gasteiger partial charge in [0.1, 0.15) is 17.3 Å². The lowest BCUT2D eigenvalue weighted by molar-refractivity contribution is 0.394. The van der Waals surface area contributed by atoms with Gasteiger partial charge < -0.3 is 14.5 Å². The zero-order chi connectivity index (χ0) is 17.1. The Labute approximate surface area is 143 Å². The van der Waals surface area contributed by atoms with Crippen LogP contribution in [-0.2, 0) is 0 Å². The van der Waals surface area contributed by atoms with Crippen LogP contribution in [0.25, 0.3) is 23.1 Å². The molecule has 3 aromatic rings. The van der Waals surface area contributed by atoms with Crippen molar-refractivity contribution in [3.63, 3.8) is 0 Å². The summed E-state index contributed by atoms with van der Waals surface area (Å²) in [5, 5.41) is 0.962. The fourth-order valence-corrected chi connectivity index (χ4v) is 2.48. The number of benzene rings is 2. The Bertz CT molecular complexity index is 957. The monoisotopic (exact) mass is 342 g/mol. The molecule has 5 nitrogen and oxygen atoms in total. The highest BCUT2D eigenvalue weighted by Crippen LogP contribution is 2.23. The molecule has 3 rings (SSSR count). The second-order valence-corrected chi connectivity index (χ2v) is 5.53. The molecule has 0 fully saturated rings. The van der Waals surface area contributed by atoms with Crippen LogP contribution in [0, 0.1) is 0 Å². The predicted octanol–water partition coefficient (Wildman–Crippen LogP) is 3.76. The maximum atomic E-state index is 12.1. The van der Waals surface area contributed by atoms with Crippen LogP contribution in [0.5, 0.6) is 11.5 Å². The van der Waals surface area contributed by atoms with E-state index in [9.17, 15) is 4.79 Å². The first-order chi connectivity index (χ1) is 11.6. The van der Waals surface area contributed by atoms with Crippen molar-refractivity contribution in [1.82, 2.24) is 9.97 Å². The first-order valence-corrected chi connectivity index (χ1v) is 7.57. The fourth-order valence-electron chi connectivity index (χ4n) is 2.31. The number of rotatable bonds is 4. The maximum Gasteiger partial charge on any atom is 0.259 e. The minimum atomic E-state index is -0.231. The lowest BCUT2D eigenvalue weighted by atomic mass is 10.2. The predicted molar refractivity (Wildman–Crippen MR) is 95.8 cm³/mol. The van der Waals surface area contributed by atoms with Crippen LogP contribution in [-0.4, -0.2) is 24.2 Å². The lowest BCUT2D eigenvalue weighted by Gasteiger charge is -2.05. The van der Waals surface area contributed by atoms with Gasteiger partial charge in [0.15, 0.2) is 0 Å². The Hall–Kier alpha value is -2.79. The number of halogens is 1. The first-order valence-electron chi connectivity index (χ1n) is 7.20. The van der Waals surface area contributed by atoms with Crippen molar-refractivity contribution in [1.29, 1.82) is 0 Å². The number of ether oxygens (including phenoxy) is 2. The van der Waals surface area contributed by atoms with E-state index in [1.165, 1.54) is 0 Å². The molecule has 0 aliphatic carbocycles. The normalized spacial score (nSPS) is 11.1. The van der Waals surface area contributed by atoms with Gasteiger partial charge in [-0.3, -0.25) is 4.79 Å². The molecule has 24 heavy (non-hydrogen) atoms. The van der Waals surface area contributed by atoms with Crippen LogP contribution in [0.1, 0.15) is 11.4 Å². The minimum Gasteiger partial charge on any atom is -0.497 e. The molecule has 122 valence electrons. The highest BCUT2D eigenvalue weighted by molar-refractivity contribution is 6.31. The molecule has 1 heterocycles. The minimum absolute atomic E-state index is 0.231. The summed E-state index contributed by atoms with van der Waals surface area (Å²) in [6.45, 7) is 0. The van der Waals surface area contributed by atoms with Gasteiger partial charge in [-0.05, 0) is 42.0 Å². The Balaban J connectivity index is 1.99. The standard InChI is InChI=1S/C18H15ClN2O3/c1-23-13-7-11(8-14(10-13)24-2)3-6-17-20-16-5-4-12(19)9-15(16)18(22)21-17/h3-10H,1-2H3,(H,20,21,22). The molecule has 0 radical (unpaired) electrons. The number of hydrogen-bond donors (Lipinski definition) is 1. The van der Waals surface area contributed by atoms with Crippen molar-refractivity contribution in [2.75, 3.05) is 14.2 Å². The quantitative estimate of drug-likeness (QED) is 0.784. The van der Waals surface area contributed by atoms with E-state index in [0.717, 1.165) is 5.56 Å². The number of aromatic amines is 1. The van der Waals surface area contributed by atoms with Crippen LogP contribution >= 0.6 is 11.6 Å². The second kappa shape index (κ2) is 6.76. The van der Waals surface area contributed by atoms with Crippen molar-refractivity contribution < 1.29 is 9.47 Å². The van der Waals surface area contributed by atoms with Crippen molar-refractivity contribution in [2.24, 2.45) is 0 Å².